The Morgan fingerprint density at radius 3 is 2.76 bits per heavy atom. The first-order valence-corrected chi connectivity index (χ1v) is 10.6. The second kappa shape index (κ2) is 7.72. The molecule has 0 aliphatic carbocycles. The normalized spacial score (nSPS) is 16.1. The highest BCUT2D eigenvalue weighted by Gasteiger charge is 2.32. The van der Waals surface area contributed by atoms with E-state index in [1.165, 1.54) is 28.6 Å². The van der Waals surface area contributed by atoms with Crippen molar-refractivity contribution in [2.45, 2.75) is 12.7 Å². The quantitative estimate of drug-likeness (QED) is 0.503. The van der Waals surface area contributed by atoms with Crippen molar-refractivity contribution in [2.24, 2.45) is 4.99 Å². The van der Waals surface area contributed by atoms with Crippen LogP contribution in [-0.2, 0) is 12.7 Å². The van der Waals surface area contributed by atoms with Gasteiger partial charge in [0.25, 0.3) is 0 Å². The number of benzene rings is 2. The van der Waals surface area contributed by atoms with Crippen molar-refractivity contribution in [1.82, 2.24) is 9.78 Å². The highest BCUT2D eigenvalue weighted by atomic mass is 32.2. The molecular weight excluding hydrogens is 419 g/mol. The van der Waals surface area contributed by atoms with Crippen molar-refractivity contribution in [1.29, 1.82) is 0 Å². The van der Waals surface area contributed by atoms with E-state index in [0.29, 0.717) is 10.6 Å². The molecule has 4 nitrogen and oxygen atoms in total. The summed E-state index contributed by atoms with van der Waals surface area (Å²) in [5, 5.41) is 5.64. The molecule has 0 radical (unpaired) electrons. The van der Waals surface area contributed by atoms with Crippen LogP contribution in [0.3, 0.4) is 0 Å². The van der Waals surface area contributed by atoms with E-state index in [1.54, 1.807) is 12.3 Å². The van der Waals surface area contributed by atoms with Crippen molar-refractivity contribution in [3.63, 3.8) is 0 Å². The lowest BCUT2D eigenvalue weighted by Gasteiger charge is -2.12. The summed E-state index contributed by atoms with van der Waals surface area (Å²) in [6.45, 7) is 0.0222. The molecule has 0 spiro atoms. The van der Waals surface area contributed by atoms with Crippen molar-refractivity contribution in [3.05, 3.63) is 70.3 Å². The Morgan fingerprint density at radius 2 is 2.00 bits per heavy atom. The maximum Gasteiger partial charge on any atom is 0.416 e. The van der Waals surface area contributed by atoms with Gasteiger partial charge in [0, 0.05) is 11.6 Å². The third-order valence-electron chi connectivity index (χ3n) is 4.32. The Morgan fingerprint density at radius 1 is 1.21 bits per heavy atom. The van der Waals surface area contributed by atoms with Gasteiger partial charge in [0.2, 0.25) is 0 Å². The van der Waals surface area contributed by atoms with Crippen molar-refractivity contribution < 1.29 is 18.0 Å². The fraction of sp³-hybridized carbons (Fsp3) is 0.150. The average Bonchev–Trinajstić information content (AvgIpc) is 3.23. The Bertz CT molecular complexity index is 1170. The number of nitrogens with zero attached hydrogens (tertiary/aromatic N) is 3. The molecule has 2 heterocycles. The predicted octanol–water partition coefficient (Wildman–Crippen LogP) is 6.07. The zero-order valence-corrected chi connectivity index (χ0v) is 16.7. The van der Waals surface area contributed by atoms with Gasteiger partial charge in [-0.25, -0.2) is 0 Å². The molecule has 0 unspecified atom stereocenters. The van der Waals surface area contributed by atoms with Crippen molar-refractivity contribution >= 4 is 50.8 Å². The molecule has 0 bridgehead atoms. The van der Waals surface area contributed by atoms with Gasteiger partial charge >= 0.3 is 11.4 Å². The fourth-order valence-electron chi connectivity index (χ4n) is 3.06. The Kier molecular flexibility index (Phi) is 5.26. The predicted molar refractivity (Wildman–Crippen MR) is 112 cm³/mol. The number of thioether (sulfide) groups is 2. The van der Waals surface area contributed by atoms with Crippen LogP contribution in [-0.4, -0.2) is 26.3 Å². The highest BCUT2D eigenvalue weighted by Crippen LogP contribution is 2.34. The van der Waals surface area contributed by atoms with Gasteiger partial charge in [-0.05, 0) is 53.4 Å². The monoisotopic (exact) mass is 433 g/mol. The molecule has 29 heavy (non-hydrogen) atoms. The lowest BCUT2D eigenvalue weighted by molar-refractivity contribution is -0.138. The largest absolute Gasteiger partial charge is 0.416 e. The summed E-state index contributed by atoms with van der Waals surface area (Å²) < 4.78 is 41.2. The number of amides is 1. The number of carbonyl (C=O) groups is 1. The molecule has 1 aliphatic heterocycles. The van der Waals surface area contributed by atoms with Crippen LogP contribution in [0.2, 0.25) is 0 Å². The lowest BCUT2D eigenvalue weighted by Crippen LogP contribution is -2.11. The third kappa shape index (κ3) is 4.25. The van der Waals surface area contributed by atoms with Crippen LogP contribution in [0.25, 0.3) is 17.0 Å². The molecule has 0 N–H and O–H groups in total. The number of alkyl halides is 3. The van der Waals surface area contributed by atoms with E-state index in [9.17, 15) is 18.0 Å². The summed E-state index contributed by atoms with van der Waals surface area (Å²) in [5.41, 5.74) is 1.06. The van der Waals surface area contributed by atoms with Gasteiger partial charge in [-0.15, -0.1) is 11.8 Å². The number of halogens is 3. The van der Waals surface area contributed by atoms with Gasteiger partial charge in [0.1, 0.15) is 5.04 Å². The van der Waals surface area contributed by atoms with Crippen LogP contribution in [0.15, 0.2) is 58.6 Å². The number of hydrogen-bond donors (Lipinski definition) is 0. The number of rotatable bonds is 3. The van der Waals surface area contributed by atoms with Crippen LogP contribution >= 0.6 is 23.5 Å². The zero-order valence-electron chi connectivity index (χ0n) is 15.1. The summed E-state index contributed by atoms with van der Waals surface area (Å²) in [6.07, 6.45) is 1.05. The van der Waals surface area contributed by atoms with Crippen molar-refractivity contribution in [3.8, 4) is 0 Å². The maximum atomic E-state index is 13.2. The average molecular weight is 433 g/mol. The van der Waals surface area contributed by atoms with Crippen LogP contribution < -0.4 is 0 Å². The molecular formula is C20H14F3N3OS2. The van der Waals surface area contributed by atoms with Crippen LogP contribution in [0.5, 0.6) is 0 Å². The van der Waals surface area contributed by atoms with E-state index in [1.807, 2.05) is 30.5 Å². The SMILES string of the molecule is CSC1=NC(=O)S/C1=C\c1ccc2nn(Cc3ccccc3C(F)(F)F)cc2c1. The number of aliphatic imine (C=N–C) groups is 1. The summed E-state index contributed by atoms with van der Waals surface area (Å²) in [5.74, 6) is 0. The molecule has 3 aromatic rings. The zero-order chi connectivity index (χ0) is 20.6. The molecule has 1 aromatic heterocycles. The summed E-state index contributed by atoms with van der Waals surface area (Å²) in [7, 11) is 0. The van der Waals surface area contributed by atoms with Crippen LogP contribution in [0.4, 0.5) is 18.0 Å². The Hall–Kier alpha value is -2.52. The smallest absolute Gasteiger partial charge is 0.267 e. The topological polar surface area (TPSA) is 47.2 Å². The van der Waals surface area contributed by atoms with E-state index in [0.717, 1.165) is 33.7 Å². The van der Waals surface area contributed by atoms with E-state index >= 15 is 0 Å². The third-order valence-corrected chi connectivity index (χ3v) is 5.95. The minimum Gasteiger partial charge on any atom is -0.267 e. The summed E-state index contributed by atoms with van der Waals surface area (Å²) >= 11 is 2.49. The first-order chi connectivity index (χ1) is 13.8. The Balaban J connectivity index is 1.64. The van der Waals surface area contributed by atoms with E-state index in [2.05, 4.69) is 10.1 Å². The van der Waals surface area contributed by atoms with E-state index < -0.39 is 11.7 Å². The van der Waals surface area contributed by atoms with E-state index in [-0.39, 0.29) is 17.3 Å². The molecule has 9 heteroatoms. The molecule has 2 aromatic carbocycles. The van der Waals surface area contributed by atoms with Gasteiger partial charge < -0.3 is 0 Å². The number of hydrogen-bond acceptors (Lipinski definition) is 4. The lowest BCUT2D eigenvalue weighted by atomic mass is 10.1. The van der Waals surface area contributed by atoms with Gasteiger partial charge in [-0.2, -0.15) is 23.3 Å². The second-order valence-electron chi connectivity index (χ2n) is 6.30. The summed E-state index contributed by atoms with van der Waals surface area (Å²) in [6, 6.07) is 11.1. The maximum absolute atomic E-state index is 13.2. The molecule has 1 amide bonds. The molecule has 0 atom stereocenters. The molecule has 148 valence electrons. The number of aromatic nitrogens is 2. The number of carbonyl (C=O) groups excluding carboxylic acids is 1. The second-order valence-corrected chi connectivity index (χ2v) is 8.09. The Labute approximate surface area is 172 Å². The standard InChI is InChI=1S/C20H14F3N3OS2/c1-28-18-17(29-19(27)24-18)9-12-6-7-16-14(8-12)11-26(25-16)10-13-4-2-3-5-15(13)20(21,22)23/h2-9,11H,10H2,1H3/b17-9-. The van der Waals surface area contributed by atoms with Gasteiger partial charge in [0.05, 0.1) is 22.5 Å². The molecule has 1 aliphatic rings. The van der Waals surface area contributed by atoms with Crippen LogP contribution in [0.1, 0.15) is 16.7 Å². The minimum atomic E-state index is -4.41. The summed E-state index contributed by atoms with van der Waals surface area (Å²) in [4.78, 5) is 16.3. The van der Waals surface area contributed by atoms with E-state index in [4.69, 9.17) is 0 Å². The number of fused-ring (bicyclic) bond motifs is 1. The molecule has 0 saturated heterocycles. The first kappa shape index (κ1) is 19.8. The minimum absolute atomic E-state index is 0.0222. The fourth-order valence-corrected chi connectivity index (χ4v) is 4.58. The molecule has 0 fully saturated rings. The van der Waals surface area contributed by atoms with Gasteiger partial charge in [-0.1, -0.05) is 24.3 Å². The molecule has 4 rings (SSSR count). The first-order valence-electron chi connectivity index (χ1n) is 8.52. The van der Waals surface area contributed by atoms with Gasteiger partial charge in [-0.3, -0.25) is 9.48 Å². The van der Waals surface area contributed by atoms with Crippen LogP contribution in [0, 0.1) is 0 Å². The van der Waals surface area contributed by atoms with Gasteiger partial charge in [0.15, 0.2) is 0 Å². The molecule has 0 saturated carbocycles. The van der Waals surface area contributed by atoms with Crippen molar-refractivity contribution in [2.75, 3.05) is 6.26 Å². The highest BCUT2D eigenvalue weighted by molar-refractivity contribution is 8.24.